The second-order valence-corrected chi connectivity index (χ2v) is 17.1. The molecule has 0 fully saturated rings. The van der Waals surface area contributed by atoms with Gasteiger partial charge in [-0.1, -0.05) is 54.8 Å². The molecule has 0 aliphatic rings. The van der Waals surface area contributed by atoms with E-state index >= 15 is 0 Å². The van der Waals surface area contributed by atoms with E-state index in [1.165, 1.54) is 0 Å². The van der Waals surface area contributed by atoms with Crippen LogP contribution < -0.4 is 5.19 Å². The smallest absolute Gasteiger partial charge is 0.360 e. The standard InChI is InChI=1S/C22H34O6Si3.C2H4/c1-9-17-25-29(6,11-3)27-30(7,19-24-22(23)20(4)5)28-31(8,26-18-10-2)21-15-13-12-14-16-21;1-2/h9-16H,1-4,17-19H2,5-8H3;1-2H2. The summed E-state index contributed by atoms with van der Waals surface area (Å²) in [5.74, 6) is -0.505. The van der Waals surface area contributed by atoms with E-state index in [-0.39, 0.29) is 6.23 Å². The highest BCUT2D eigenvalue weighted by molar-refractivity contribution is 6.91. The number of hydrogen-bond donors (Lipinski definition) is 0. The van der Waals surface area contributed by atoms with Gasteiger partial charge in [0.05, 0.1) is 13.2 Å². The highest BCUT2D eigenvalue weighted by Crippen LogP contribution is 2.24. The second kappa shape index (κ2) is 14.9. The Balaban J connectivity index is 0.00000497. The van der Waals surface area contributed by atoms with Crippen molar-refractivity contribution in [3.63, 3.8) is 0 Å². The molecule has 6 nitrogen and oxygen atoms in total. The fourth-order valence-corrected chi connectivity index (χ4v) is 14.1. The summed E-state index contributed by atoms with van der Waals surface area (Å²) in [7, 11) is -8.99. The molecule has 9 heteroatoms. The molecule has 1 rings (SSSR count). The van der Waals surface area contributed by atoms with Gasteiger partial charge >= 0.3 is 31.7 Å². The number of carbonyl (C=O) groups is 1. The minimum atomic E-state index is -3.18. The molecule has 0 bridgehead atoms. The lowest BCUT2D eigenvalue weighted by Gasteiger charge is -2.40. The van der Waals surface area contributed by atoms with E-state index in [1.807, 2.05) is 50.0 Å². The topological polar surface area (TPSA) is 63.2 Å². The molecule has 0 radical (unpaired) electrons. The molecule has 0 N–H and O–H groups in total. The van der Waals surface area contributed by atoms with Gasteiger partial charge in [0.15, 0.2) is 0 Å². The minimum Gasteiger partial charge on any atom is -0.460 e. The van der Waals surface area contributed by atoms with Gasteiger partial charge in [0, 0.05) is 5.57 Å². The molecule has 1 aromatic carbocycles. The first-order chi connectivity index (χ1) is 15.5. The molecule has 182 valence electrons. The number of hydrogen-bond acceptors (Lipinski definition) is 6. The van der Waals surface area contributed by atoms with Crippen molar-refractivity contribution >= 4 is 36.8 Å². The molecule has 3 atom stereocenters. The van der Waals surface area contributed by atoms with Crippen LogP contribution in [0.25, 0.3) is 0 Å². The van der Waals surface area contributed by atoms with Gasteiger partial charge in [-0.15, -0.1) is 32.9 Å². The minimum absolute atomic E-state index is 0.0422. The molecule has 0 saturated heterocycles. The Kier molecular flexibility index (Phi) is 14.0. The molecule has 1 aromatic rings. The maximum atomic E-state index is 12.1. The van der Waals surface area contributed by atoms with Crippen molar-refractivity contribution in [1.82, 2.24) is 0 Å². The van der Waals surface area contributed by atoms with Crippen molar-refractivity contribution < 1.29 is 26.6 Å². The summed E-state index contributed by atoms with van der Waals surface area (Å²) < 4.78 is 30.7. The molecule has 33 heavy (non-hydrogen) atoms. The van der Waals surface area contributed by atoms with Gasteiger partial charge in [0.2, 0.25) is 0 Å². The maximum Gasteiger partial charge on any atom is 0.360 e. The first-order valence-corrected chi connectivity index (χ1v) is 17.7. The van der Waals surface area contributed by atoms with Crippen LogP contribution >= 0.6 is 0 Å². The van der Waals surface area contributed by atoms with E-state index in [2.05, 4.69) is 39.5 Å². The fourth-order valence-electron chi connectivity index (χ4n) is 2.73. The van der Waals surface area contributed by atoms with Crippen LogP contribution in [-0.2, 0) is 26.6 Å². The molecular weight excluding hydrogens is 469 g/mol. The first kappa shape index (κ1) is 30.9. The Bertz CT molecular complexity index is 803. The van der Waals surface area contributed by atoms with Crippen LogP contribution in [0, 0.1) is 0 Å². The van der Waals surface area contributed by atoms with Gasteiger partial charge in [-0.25, -0.2) is 4.79 Å². The predicted octanol–water partition coefficient (Wildman–Crippen LogP) is 4.73. The number of ether oxygens (including phenoxy) is 1. The van der Waals surface area contributed by atoms with Crippen molar-refractivity contribution in [2.45, 2.75) is 26.6 Å². The normalized spacial score (nSPS) is 15.9. The number of rotatable bonds is 15. The van der Waals surface area contributed by atoms with Gasteiger partial charge in [-0.2, -0.15) is 0 Å². The Labute approximate surface area is 202 Å². The molecule has 0 aliphatic carbocycles. The molecular formula is C24H38O6Si3. The largest absolute Gasteiger partial charge is 0.460 e. The van der Waals surface area contributed by atoms with E-state index < -0.39 is 31.7 Å². The highest BCUT2D eigenvalue weighted by atomic mass is 28.5. The van der Waals surface area contributed by atoms with Crippen LogP contribution in [0.1, 0.15) is 6.92 Å². The summed E-state index contributed by atoms with van der Waals surface area (Å²) in [5.41, 5.74) is 1.98. The quantitative estimate of drug-likeness (QED) is 0.148. The summed E-state index contributed by atoms with van der Waals surface area (Å²) in [4.78, 5) is 12.1. The lowest BCUT2D eigenvalue weighted by atomic mass is 10.4. The van der Waals surface area contributed by atoms with Gasteiger partial charge in [-0.3, -0.25) is 0 Å². The highest BCUT2D eigenvalue weighted by Gasteiger charge is 2.49. The summed E-state index contributed by atoms with van der Waals surface area (Å²) in [6.07, 6.45) is 3.28. The third kappa shape index (κ3) is 10.6. The lowest BCUT2D eigenvalue weighted by Crippen LogP contribution is -2.64. The zero-order chi connectivity index (χ0) is 25.5. The van der Waals surface area contributed by atoms with Gasteiger partial charge in [0.1, 0.15) is 6.23 Å². The van der Waals surface area contributed by atoms with Crippen LogP contribution in [0.2, 0.25) is 19.6 Å². The third-order valence-corrected chi connectivity index (χ3v) is 15.2. The van der Waals surface area contributed by atoms with Crippen LogP contribution in [0.5, 0.6) is 0 Å². The Morgan fingerprint density at radius 3 is 1.97 bits per heavy atom. The summed E-state index contributed by atoms with van der Waals surface area (Å²) in [6.45, 7) is 28.8. The first-order valence-electron chi connectivity index (χ1n) is 10.4. The van der Waals surface area contributed by atoms with E-state index in [9.17, 15) is 4.79 Å². The monoisotopic (exact) mass is 506 g/mol. The van der Waals surface area contributed by atoms with E-state index in [0.717, 1.165) is 5.19 Å². The van der Waals surface area contributed by atoms with Gasteiger partial charge < -0.3 is 21.8 Å². The molecule has 0 spiro atoms. The summed E-state index contributed by atoms with van der Waals surface area (Å²) in [6, 6.07) is 9.71. The summed E-state index contributed by atoms with van der Waals surface area (Å²) in [5, 5.41) is 0.930. The average molecular weight is 507 g/mol. The Morgan fingerprint density at radius 2 is 1.48 bits per heavy atom. The van der Waals surface area contributed by atoms with Crippen LogP contribution in [0.4, 0.5) is 0 Å². The molecule has 0 amide bonds. The average Bonchev–Trinajstić information content (AvgIpc) is 2.81. The molecule has 3 unspecified atom stereocenters. The Morgan fingerprint density at radius 1 is 0.939 bits per heavy atom. The SMILES string of the molecule is C=C.C=CCO[Si](C)(C=C)O[Si](C)(COC(=O)C(=C)C)O[Si](C)(OCC=C)c1ccccc1. The zero-order valence-electron chi connectivity index (χ0n) is 20.4. The molecule has 0 saturated carbocycles. The maximum absolute atomic E-state index is 12.1. The summed E-state index contributed by atoms with van der Waals surface area (Å²) >= 11 is 0. The van der Waals surface area contributed by atoms with E-state index in [4.69, 9.17) is 21.8 Å². The molecule has 0 aliphatic heterocycles. The second-order valence-electron chi connectivity index (χ2n) is 7.43. The zero-order valence-corrected chi connectivity index (χ0v) is 23.4. The van der Waals surface area contributed by atoms with Gasteiger partial charge in [-0.05, 0) is 31.8 Å². The van der Waals surface area contributed by atoms with Crippen molar-refractivity contribution in [1.29, 1.82) is 0 Å². The van der Waals surface area contributed by atoms with Crippen molar-refractivity contribution in [2.75, 3.05) is 19.4 Å². The molecule has 0 aromatic heterocycles. The van der Waals surface area contributed by atoms with E-state index in [1.54, 1.807) is 24.8 Å². The van der Waals surface area contributed by atoms with E-state index in [0.29, 0.717) is 18.8 Å². The van der Waals surface area contributed by atoms with Crippen LogP contribution in [0.15, 0.2) is 93.2 Å². The van der Waals surface area contributed by atoms with Crippen molar-refractivity contribution in [3.05, 3.63) is 93.2 Å². The Hall–Kier alpha value is -2.12. The van der Waals surface area contributed by atoms with Gasteiger partial charge in [0.25, 0.3) is 0 Å². The van der Waals surface area contributed by atoms with Crippen LogP contribution in [-0.4, -0.2) is 51.1 Å². The predicted molar refractivity (Wildman–Crippen MR) is 143 cm³/mol. The third-order valence-electron chi connectivity index (χ3n) is 4.28. The lowest BCUT2D eigenvalue weighted by molar-refractivity contribution is -0.137. The van der Waals surface area contributed by atoms with Crippen molar-refractivity contribution in [2.24, 2.45) is 0 Å². The molecule has 0 heterocycles. The number of carbonyl (C=O) groups excluding carboxylic acids is 1. The van der Waals surface area contributed by atoms with Crippen molar-refractivity contribution in [3.8, 4) is 0 Å². The fraction of sp³-hybridized carbons (Fsp3) is 0.292. The number of benzene rings is 1. The van der Waals surface area contributed by atoms with Crippen LogP contribution in [0.3, 0.4) is 0 Å². The number of esters is 1.